The fourth-order valence-electron chi connectivity index (χ4n) is 1.05. The number of nitrogens with one attached hydrogen (secondary N) is 2. The zero-order chi connectivity index (χ0) is 10.8. The molecule has 0 rings (SSSR count). The van der Waals surface area contributed by atoms with E-state index in [1.165, 1.54) is 0 Å². The lowest BCUT2D eigenvalue weighted by atomic mass is 10.2. The van der Waals surface area contributed by atoms with Crippen molar-refractivity contribution in [3.63, 3.8) is 0 Å². The molecule has 14 heavy (non-hydrogen) atoms. The highest BCUT2D eigenvalue weighted by Gasteiger charge is 2.02. The molecule has 0 spiro atoms. The number of carbonyl (C=O) groups excluding carboxylic acids is 1. The van der Waals surface area contributed by atoms with Crippen LogP contribution in [-0.2, 0) is 4.79 Å². The standard InChI is InChI=1S/C10H22N2O2/c1-3-11-7-4-8-12-10(14)6-5-9(2)13/h9,11,13H,3-8H2,1-2H3,(H,12,14). The van der Waals surface area contributed by atoms with Crippen LogP contribution in [0.1, 0.15) is 33.1 Å². The van der Waals surface area contributed by atoms with Gasteiger partial charge in [-0.25, -0.2) is 0 Å². The second kappa shape index (κ2) is 8.97. The maximum Gasteiger partial charge on any atom is 0.220 e. The molecular formula is C10H22N2O2. The highest BCUT2D eigenvalue weighted by atomic mass is 16.3. The van der Waals surface area contributed by atoms with Gasteiger partial charge < -0.3 is 15.7 Å². The first-order valence-corrected chi connectivity index (χ1v) is 5.32. The lowest BCUT2D eigenvalue weighted by Crippen LogP contribution is -2.27. The van der Waals surface area contributed by atoms with E-state index < -0.39 is 0 Å². The Morgan fingerprint density at radius 2 is 2.14 bits per heavy atom. The molecule has 1 atom stereocenters. The van der Waals surface area contributed by atoms with Crippen LogP contribution in [0.25, 0.3) is 0 Å². The minimum atomic E-state index is -0.387. The number of hydrogen-bond donors (Lipinski definition) is 3. The van der Waals surface area contributed by atoms with Crippen LogP contribution in [0.2, 0.25) is 0 Å². The lowest BCUT2D eigenvalue weighted by molar-refractivity contribution is -0.121. The van der Waals surface area contributed by atoms with Crippen molar-refractivity contribution in [3.05, 3.63) is 0 Å². The monoisotopic (exact) mass is 202 g/mol. The van der Waals surface area contributed by atoms with Crippen LogP contribution in [0, 0.1) is 0 Å². The molecule has 0 heterocycles. The van der Waals surface area contributed by atoms with Gasteiger partial charge in [0.15, 0.2) is 0 Å². The van der Waals surface area contributed by atoms with E-state index >= 15 is 0 Å². The first-order chi connectivity index (χ1) is 6.66. The summed E-state index contributed by atoms with van der Waals surface area (Å²) in [6.45, 7) is 6.37. The Bertz CT molecular complexity index is 149. The van der Waals surface area contributed by atoms with Gasteiger partial charge in [0.25, 0.3) is 0 Å². The van der Waals surface area contributed by atoms with Crippen molar-refractivity contribution in [2.45, 2.75) is 39.2 Å². The van der Waals surface area contributed by atoms with Gasteiger partial charge in [-0.05, 0) is 32.9 Å². The molecule has 4 nitrogen and oxygen atoms in total. The quantitative estimate of drug-likeness (QED) is 0.495. The van der Waals surface area contributed by atoms with Gasteiger partial charge >= 0.3 is 0 Å². The summed E-state index contributed by atoms with van der Waals surface area (Å²) in [4.78, 5) is 11.1. The maximum atomic E-state index is 11.1. The van der Waals surface area contributed by atoms with Gasteiger partial charge in [-0.2, -0.15) is 0 Å². The molecule has 0 fully saturated rings. The van der Waals surface area contributed by atoms with E-state index in [4.69, 9.17) is 5.11 Å². The van der Waals surface area contributed by atoms with Gasteiger partial charge in [0.1, 0.15) is 0 Å². The third-order valence-electron chi connectivity index (χ3n) is 1.89. The van der Waals surface area contributed by atoms with Gasteiger partial charge in [0.2, 0.25) is 5.91 Å². The number of aliphatic hydroxyl groups is 1. The average Bonchev–Trinajstić information content (AvgIpc) is 2.14. The van der Waals surface area contributed by atoms with Crippen LogP contribution in [0.4, 0.5) is 0 Å². The molecule has 0 saturated heterocycles. The van der Waals surface area contributed by atoms with E-state index in [0.29, 0.717) is 19.4 Å². The summed E-state index contributed by atoms with van der Waals surface area (Å²) >= 11 is 0. The highest BCUT2D eigenvalue weighted by Crippen LogP contribution is 1.94. The van der Waals surface area contributed by atoms with E-state index in [2.05, 4.69) is 17.6 Å². The topological polar surface area (TPSA) is 61.4 Å². The van der Waals surface area contributed by atoms with Crippen molar-refractivity contribution >= 4 is 5.91 Å². The number of rotatable bonds is 8. The third-order valence-corrected chi connectivity index (χ3v) is 1.89. The molecule has 0 aliphatic rings. The average molecular weight is 202 g/mol. The minimum Gasteiger partial charge on any atom is -0.393 e. The van der Waals surface area contributed by atoms with E-state index in [-0.39, 0.29) is 12.0 Å². The molecule has 0 aromatic heterocycles. The minimum absolute atomic E-state index is 0.0300. The van der Waals surface area contributed by atoms with Crippen LogP contribution in [0.5, 0.6) is 0 Å². The number of carbonyl (C=O) groups is 1. The SMILES string of the molecule is CCNCCCNC(=O)CCC(C)O. The Hall–Kier alpha value is -0.610. The molecule has 0 aromatic carbocycles. The highest BCUT2D eigenvalue weighted by molar-refractivity contribution is 5.75. The van der Waals surface area contributed by atoms with Crippen molar-refractivity contribution in [2.24, 2.45) is 0 Å². The Kier molecular flexibility index (Phi) is 8.57. The first kappa shape index (κ1) is 13.4. The zero-order valence-corrected chi connectivity index (χ0v) is 9.18. The summed E-state index contributed by atoms with van der Waals surface area (Å²) in [6, 6.07) is 0. The third kappa shape index (κ3) is 9.48. The number of hydrogen-bond acceptors (Lipinski definition) is 3. The first-order valence-electron chi connectivity index (χ1n) is 5.32. The van der Waals surface area contributed by atoms with Crippen molar-refractivity contribution in [1.82, 2.24) is 10.6 Å². The molecule has 3 N–H and O–H groups in total. The largest absolute Gasteiger partial charge is 0.393 e. The van der Waals surface area contributed by atoms with Crippen molar-refractivity contribution in [2.75, 3.05) is 19.6 Å². The molecule has 0 radical (unpaired) electrons. The van der Waals surface area contributed by atoms with E-state index in [1.807, 2.05) is 0 Å². The fourth-order valence-corrected chi connectivity index (χ4v) is 1.05. The number of aliphatic hydroxyl groups excluding tert-OH is 1. The van der Waals surface area contributed by atoms with E-state index in [1.54, 1.807) is 6.92 Å². The van der Waals surface area contributed by atoms with Crippen molar-refractivity contribution in [3.8, 4) is 0 Å². The second-order valence-corrected chi connectivity index (χ2v) is 3.44. The normalized spacial score (nSPS) is 12.5. The summed E-state index contributed by atoms with van der Waals surface area (Å²) in [5.41, 5.74) is 0. The summed E-state index contributed by atoms with van der Waals surface area (Å²) in [5.74, 6) is 0.0300. The molecule has 0 aliphatic heterocycles. The van der Waals surface area contributed by atoms with Crippen LogP contribution in [-0.4, -0.2) is 36.8 Å². The number of amides is 1. The van der Waals surface area contributed by atoms with Crippen molar-refractivity contribution < 1.29 is 9.90 Å². The summed E-state index contributed by atoms with van der Waals surface area (Å²) in [6.07, 6.45) is 1.52. The van der Waals surface area contributed by atoms with Crippen molar-refractivity contribution in [1.29, 1.82) is 0 Å². The molecular weight excluding hydrogens is 180 g/mol. The summed E-state index contributed by atoms with van der Waals surface area (Å²) < 4.78 is 0. The van der Waals surface area contributed by atoms with Crippen LogP contribution in [0.15, 0.2) is 0 Å². The molecule has 4 heteroatoms. The van der Waals surface area contributed by atoms with Crippen LogP contribution < -0.4 is 10.6 Å². The van der Waals surface area contributed by atoms with Gasteiger partial charge in [0, 0.05) is 13.0 Å². The zero-order valence-electron chi connectivity index (χ0n) is 9.18. The summed E-state index contributed by atoms with van der Waals surface area (Å²) in [7, 11) is 0. The molecule has 0 saturated carbocycles. The van der Waals surface area contributed by atoms with Crippen LogP contribution >= 0.6 is 0 Å². The molecule has 0 aliphatic carbocycles. The van der Waals surface area contributed by atoms with Crippen LogP contribution in [0.3, 0.4) is 0 Å². The predicted octanol–water partition coefficient (Wildman–Crippen LogP) is 0.263. The molecule has 1 amide bonds. The molecule has 84 valence electrons. The Morgan fingerprint density at radius 3 is 2.71 bits per heavy atom. The molecule has 1 unspecified atom stereocenters. The van der Waals surface area contributed by atoms with Gasteiger partial charge in [-0.15, -0.1) is 0 Å². The fraction of sp³-hybridized carbons (Fsp3) is 0.900. The van der Waals surface area contributed by atoms with Gasteiger partial charge in [-0.3, -0.25) is 4.79 Å². The van der Waals surface area contributed by atoms with E-state index in [0.717, 1.165) is 19.5 Å². The predicted molar refractivity (Wildman–Crippen MR) is 57.1 cm³/mol. The summed E-state index contributed by atoms with van der Waals surface area (Å²) in [5, 5.41) is 14.9. The second-order valence-electron chi connectivity index (χ2n) is 3.44. The Morgan fingerprint density at radius 1 is 1.43 bits per heavy atom. The smallest absolute Gasteiger partial charge is 0.220 e. The molecule has 0 aromatic rings. The Labute approximate surface area is 86.1 Å². The Balaban J connectivity index is 3.18. The van der Waals surface area contributed by atoms with E-state index in [9.17, 15) is 4.79 Å². The molecule has 0 bridgehead atoms. The lowest BCUT2D eigenvalue weighted by Gasteiger charge is -2.06. The van der Waals surface area contributed by atoms with Gasteiger partial charge in [0.05, 0.1) is 6.10 Å². The maximum absolute atomic E-state index is 11.1. The van der Waals surface area contributed by atoms with Gasteiger partial charge in [-0.1, -0.05) is 6.92 Å².